The van der Waals surface area contributed by atoms with Crippen molar-refractivity contribution in [2.75, 3.05) is 12.3 Å². The van der Waals surface area contributed by atoms with Gasteiger partial charge in [-0.2, -0.15) is 5.26 Å². The Labute approximate surface area is 127 Å². The smallest absolute Gasteiger partial charge is 0.242 e. The van der Waals surface area contributed by atoms with E-state index in [9.17, 15) is 8.42 Å². The molecule has 0 radical (unpaired) electrons. The highest BCUT2D eigenvalue weighted by Gasteiger charge is 2.17. The van der Waals surface area contributed by atoms with E-state index in [2.05, 4.69) is 9.71 Å². The molecule has 0 aliphatic carbocycles. The third kappa shape index (κ3) is 3.78. The second kappa shape index (κ2) is 6.22. The van der Waals surface area contributed by atoms with Gasteiger partial charge in [0, 0.05) is 24.0 Å². The number of hydrogen-bond acceptors (Lipinski definition) is 6. The number of anilines is 1. The third-order valence-electron chi connectivity index (χ3n) is 2.73. The van der Waals surface area contributed by atoms with Gasteiger partial charge in [-0.25, -0.2) is 18.1 Å². The molecule has 0 spiro atoms. The highest BCUT2D eigenvalue weighted by molar-refractivity contribution is 7.89. The van der Waals surface area contributed by atoms with Crippen molar-refractivity contribution < 1.29 is 8.42 Å². The number of nitrogens with two attached hydrogens (primary N) is 1. The molecule has 0 fully saturated rings. The topological polar surface area (TPSA) is 109 Å². The number of aryl methyl sites for hydroxylation is 1. The summed E-state index contributed by atoms with van der Waals surface area (Å²) in [6, 6.07) is 6.02. The van der Waals surface area contributed by atoms with E-state index in [1.165, 1.54) is 29.5 Å². The summed E-state index contributed by atoms with van der Waals surface area (Å²) in [6.45, 7) is 2.14. The summed E-state index contributed by atoms with van der Waals surface area (Å²) in [7, 11) is -3.69. The first-order valence-electron chi connectivity index (χ1n) is 6.12. The summed E-state index contributed by atoms with van der Waals surface area (Å²) in [6.07, 6.45) is 0.522. The lowest BCUT2D eigenvalue weighted by Crippen LogP contribution is -2.26. The SMILES string of the molecule is Cc1csc(CCNS(=O)(=O)c2ccc(C#N)cc2N)n1. The molecular weight excluding hydrogens is 308 g/mol. The van der Waals surface area contributed by atoms with Gasteiger partial charge in [-0.15, -0.1) is 11.3 Å². The molecule has 0 amide bonds. The first-order chi connectivity index (χ1) is 9.92. The summed E-state index contributed by atoms with van der Waals surface area (Å²) < 4.78 is 26.8. The molecule has 0 aliphatic heterocycles. The van der Waals surface area contributed by atoms with Gasteiger partial charge in [0.1, 0.15) is 4.90 Å². The number of hydrogen-bond donors (Lipinski definition) is 2. The number of thiazole rings is 1. The second-order valence-corrected chi connectivity index (χ2v) is 7.07. The highest BCUT2D eigenvalue weighted by Crippen LogP contribution is 2.19. The number of benzene rings is 1. The Bertz CT molecular complexity index is 791. The fourth-order valence-electron chi connectivity index (χ4n) is 1.75. The number of rotatable bonds is 5. The summed E-state index contributed by atoms with van der Waals surface area (Å²) in [4.78, 5) is 4.25. The zero-order valence-corrected chi connectivity index (χ0v) is 13.0. The number of nitrogens with zero attached hydrogens (tertiary/aromatic N) is 2. The molecule has 0 atom stereocenters. The Morgan fingerprint density at radius 2 is 2.24 bits per heavy atom. The van der Waals surface area contributed by atoms with E-state index in [1.54, 1.807) is 0 Å². The highest BCUT2D eigenvalue weighted by atomic mass is 32.2. The Hall–Kier alpha value is -1.95. The Morgan fingerprint density at radius 1 is 1.48 bits per heavy atom. The average molecular weight is 322 g/mol. The molecule has 2 aromatic rings. The van der Waals surface area contributed by atoms with Crippen LogP contribution in [0, 0.1) is 18.3 Å². The molecular formula is C13H14N4O2S2. The molecule has 0 bridgehead atoms. The predicted octanol–water partition coefficient (Wildman–Crippen LogP) is 1.43. The molecule has 0 aliphatic rings. The predicted molar refractivity (Wildman–Crippen MR) is 81.3 cm³/mol. The van der Waals surface area contributed by atoms with Crippen molar-refractivity contribution in [3.63, 3.8) is 0 Å². The summed E-state index contributed by atoms with van der Waals surface area (Å²) >= 11 is 1.50. The van der Waals surface area contributed by atoms with Crippen LogP contribution in [0.2, 0.25) is 0 Å². The van der Waals surface area contributed by atoms with Crippen LogP contribution in [0.15, 0.2) is 28.5 Å². The maximum atomic E-state index is 12.2. The van der Waals surface area contributed by atoms with Gasteiger partial charge >= 0.3 is 0 Å². The van der Waals surface area contributed by atoms with Crippen LogP contribution >= 0.6 is 11.3 Å². The van der Waals surface area contributed by atoms with E-state index in [1.807, 2.05) is 18.4 Å². The molecule has 1 aromatic heterocycles. The van der Waals surface area contributed by atoms with Gasteiger partial charge in [0.25, 0.3) is 0 Å². The van der Waals surface area contributed by atoms with Crippen LogP contribution in [0.3, 0.4) is 0 Å². The van der Waals surface area contributed by atoms with E-state index in [0.29, 0.717) is 12.0 Å². The minimum Gasteiger partial charge on any atom is -0.398 e. The van der Waals surface area contributed by atoms with E-state index >= 15 is 0 Å². The lowest BCUT2D eigenvalue weighted by Gasteiger charge is -2.08. The van der Waals surface area contributed by atoms with Gasteiger partial charge in [-0.05, 0) is 25.1 Å². The van der Waals surface area contributed by atoms with Gasteiger partial charge in [-0.3, -0.25) is 0 Å². The fourth-order valence-corrected chi connectivity index (χ4v) is 3.67. The van der Waals surface area contributed by atoms with Crippen molar-refractivity contribution in [2.24, 2.45) is 0 Å². The number of aromatic nitrogens is 1. The minimum absolute atomic E-state index is 0.0168. The molecule has 0 saturated heterocycles. The van der Waals surface area contributed by atoms with Crippen molar-refractivity contribution in [3.8, 4) is 6.07 Å². The van der Waals surface area contributed by atoms with Gasteiger partial charge in [0.15, 0.2) is 0 Å². The summed E-state index contributed by atoms with van der Waals surface area (Å²) in [5.74, 6) is 0. The Kier molecular flexibility index (Phi) is 4.57. The van der Waals surface area contributed by atoms with Crippen LogP contribution in [0.1, 0.15) is 16.3 Å². The minimum atomic E-state index is -3.69. The van der Waals surface area contributed by atoms with Crippen LogP contribution in [0.4, 0.5) is 5.69 Å². The van der Waals surface area contributed by atoms with Crippen molar-refractivity contribution in [2.45, 2.75) is 18.2 Å². The largest absolute Gasteiger partial charge is 0.398 e. The Balaban J connectivity index is 2.06. The number of nitrogen functional groups attached to an aromatic ring is 1. The van der Waals surface area contributed by atoms with Crippen molar-refractivity contribution >= 4 is 27.0 Å². The van der Waals surface area contributed by atoms with E-state index in [4.69, 9.17) is 11.0 Å². The first kappa shape index (κ1) is 15.4. The molecule has 3 N–H and O–H groups in total. The van der Waals surface area contributed by atoms with Gasteiger partial charge in [0.05, 0.1) is 22.3 Å². The zero-order valence-electron chi connectivity index (χ0n) is 11.3. The third-order valence-corrected chi connectivity index (χ3v) is 5.29. The van der Waals surface area contributed by atoms with Crippen LogP contribution < -0.4 is 10.5 Å². The van der Waals surface area contributed by atoms with Crippen LogP contribution in [-0.4, -0.2) is 19.9 Å². The number of nitriles is 1. The van der Waals surface area contributed by atoms with Crippen molar-refractivity contribution in [1.82, 2.24) is 9.71 Å². The molecule has 6 nitrogen and oxygen atoms in total. The van der Waals surface area contributed by atoms with E-state index in [0.717, 1.165) is 10.7 Å². The molecule has 2 rings (SSSR count). The van der Waals surface area contributed by atoms with E-state index in [-0.39, 0.29) is 17.1 Å². The Morgan fingerprint density at radius 3 is 2.81 bits per heavy atom. The first-order valence-corrected chi connectivity index (χ1v) is 8.49. The quantitative estimate of drug-likeness (QED) is 0.809. The van der Waals surface area contributed by atoms with Gasteiger partial charge < -0.3 is 5.73 Å². The summed E-state index contributed by atoms with van der Waals surface area (Å²) in [5, 5.41) is 11.5. The fraction of sp³-hybridized carbons (Fsp3) is 0.231. The zero-order chi connectivity index (χ0) is 15.5. The van der Waals surface area contributed by atoms with Crippen LogP contribution in [0.25, 0.3) is 0 Å². The number of sulfonamides is 1. The molecule has 1 aromatic carbocycles. The molecule has 21 heavy (non-hydrogen) atoms. The molecule has 0 saturated carbocycles. The van der Waals surface area contributed by atoms with Gasteiger partial charge in [0.2, 0.25) is 10.0 Å². The van der Waals surface area contributed by atoms with Crippen LogP contribution in [-0.2, 0) is 16.4 Å². The number of nitrogens with one attached hydrogen (secondary N) is 1. The summed E-state index contributed by atoms with van der Waals surface area (Å²) in [5.41, 5.74) is 7.00. The normalized spacial score (nSPS) is 11.2. The molecule has 1 heterocycles. The van der Waals surface area contributed by atoms with Crippen molar-refractivity contribution in [1.29, 1.82) is 5.26 Å². The second-order valence-electron chi connectivity index (χ2n) is 4.39. The molecule has 0 unspecified atom stereocenters. The maximum absolute atomic E-state index is 12.2. The maximum Gasteiger partial charge on any atom is 0.242 e. The lowest BCUT2D eigenvalue weighted by atomic mass is 10.2. The molecule has 110 valence electrons. The lowest BCUT2D eigenvalue weighted by molar-refractivity contribution is 0.582. The van der Waals surface area contributed by atoms with Gasteiger partial charge in [-0.1, -0.05) is 0 Å². The van der Waals surface area contributed by atoms with Crippen molar-refractivity contribution in [3.05, 3.63) is 39.8 Å². The monoisotopic (exact) mass is 322 g/mol. The standard InChI is InChI=1S/C13H14N4O2S2/c1-9-8-20-13(17-9)4-5-16-21(18,19)12-3-2-10(7-14)6-11(12)15/h2-3,6,8,16H,4-5,15H2,1H3. The van der Waals surface area contributed by atoms with E-state index < -0.39 is 10.0 Å². The average Bonchev–Trinajstić information content (AvgIpc) is 2.83. The van der Waals surface area contributed by atoms with Crippen LogP contribution in [0.5, 0.6) is 0 Å². The molecule has 8 heteroatoms.